The summed E-state index contributed by atoms with van der Waals surface area (Å²) in [5, 5.41) is 0. The van der Waals surface area contributed by atoms with Gasteiger partial charge in [0.05, 0.1) is 5.69 Å². The van der Waals surface area contributed by atoms with Gasteiger partial charge in [0.25, 0.3) is 0 Å². The van der Waals surface area contributed by atoms with Gasteiger partial charge in [-0.15, -0.1) is 0 Å². The fraction of sp³-hybridized carbons (Fsp3) is 0.769. The highest BCUT2D eigenvalue weighted by Gasteiger charge is 2.23. The minimum Gasteiger partial charge on any atom is -0.335 e. The number of nitrogens with zero attached hydrogens (tertiary/aromatic N) is 2. The third kappa shape index (κ3) is 2.01. The lowest BCUT2D eigenvalue weighted by molar-refractivity contribution is 0.550. The molecule has 3 heteroatoms. The quantitative estimate of drug-likeness (QED) is 0.850. The number of aromatic nitrogens is 2. The van der Waals surface area contributed by atoms with Crippen LogP contribution in [0.1, 0.15) is 56.2 Å². The molecule has 0 amide bonds. The maximum atomic E-state index is 5.99. The molecule has 3 nitrogen and oxygen atoms in total. The highest BCUT2D eigenvalue weighted by molar-refractivity contribution is 5.23. The van der Waals surface area contributed by atoms with Crippen molar-refractivity contribution in [3.05, 3.63) is 17.2 Å². The van der Waals surface area contributed by atoms with Crippen molar-refractivity contribution in [2.45, 2.75) is 57.9 Å². The van der Waals surface area contributed by atoms with Crippen molar-refractivity contribution in [3.8, 4) is 0 Å². The van der Waals surface area contributed by atoms with Crippen molar-refractivity contribution in [3.63, 3.8) is 0 Å². The van der Waals surface area contributed by atoms with Crippen LogP contribution in [0.5, 0.6) is 0 Å². The number of rotatable bonds is 3. The second kappa shape index (κ2) is 4.58. The van der Waals surface area contributed by atoms with E-state index in [1.165, 1.54) is 30.1 Å². The Balaban J connectivity index is 2.28. The molecule has 0 aromatic carbocycles. The number of hydrogen-bond acceptors (Lipinski definition) is 2. The van der Waals surface area contributed by atoms with Crippen LogP contribution in [-0.4, -0.2) is 15.6 Å². The van der Waals surface area contributed by atoms with Gasteiger partial charge in [0, 0.05) is 31.1 Å². The first kappa shape index (κ1) is 11.6. The lowest BCUT2D eigenvalue weighted by atomic mass is 9.97. The average Bonchev–Trinajstić information content (AvgIpc) is 2.56. The van der Waals surface area contributed by atoms with Gasteiger partial charge in [-0.05, 0) is 19.3 Å². The van der Waals surface area contributed by atoms with Gasteiger partial charge in [-0.1, -0.05) is 20.3 Å². The monoisotopic (exact) mass is 221 g/mol. The molecule has 2 unspecified atom stereocenters. The van der Waals surface area contributed by atoms with E-state index in [0.717, 1.165) is 19.3 Å². The maximum Gasteiger partial charge on any atom is 0.111 e. The molecule has 0 spiro atoms. The molecule has 0 fully saturated rings. The number of imidazole rings is 1. The highest BCUT2D eigenvalue weighted by atomic mass is 15.1. The van der Waals surface area contributed by atoms with E-state index in [9.17, 15) is 0 Å². The smallest absolute Gasteiger partial charge is 0.111 e. The largest absolute Gasteiger partial charge is 0.335 e. The fourth-order valence-electron chi connectivity index (χ4n) is 2.76. The topological polar surface area (TPSA) is 43.8 Å². The van der Waals surface area contributed by atoms with Crippen molar-refractivity contribution >= 4 is 0 Å². The Bertz CT molecular complexity index is 367. The van der Waals surface area contributed by atoms with E-state index in [2.05, 4.69) is 25.5 Å². The molecule has 1 aromatic rings. The third-order valence-corrected chi connectivity index (χ3v) is 3.70. The van der Waals surface area contributed by atoms with Crippen molar-refractivity contribution in [2.75, 3.05) is 0 Å². The van der Waals surface area contributed by atoms with E-state index in [-0.39, 0.29) is 0 Å². The summed E-state index contributed by atoms with van der Waals surface area (Å²) in [7, 11) is 2.16. The molecule has 1 heterocycles. The molecule has 0 radical (unpaired) electrons. The first-order valence-corrected chi connectivity index (χ1v) is 6.43. The second-order valence-electron chi connectivity index (χ2n) is 5.12. The van der Waals surface area contributed by atoms with E-state index in [1.807, 2.05) is 0 Å². The van der Waals surface area contributed by atoms with Crippen LogP contribution in [0.3, 0.4) is 0 Å². The summed E-state index contributed by atoms with van der Waals surface area (Å²) in [5.74, 6) is 1.82. The predicted molar refractivity (Wildman–Crippen MR) is 66.5 cm³/mol. The van der Waals surface area contributed by atoms with Crippen LogP contribution < -0.4 is 5.73 Å². The van der Waals surface area contributed by atoms with Gasteiger partial charge in [-0.25, -0.2) is 4.98 Å². The third-order valence-electron chi connectivity index (χ3n) is 3.70. The van der Waals surface area contributed by atoms with E-state index in [4.69, 9.17) is 10.7 Å². The maximum absolute atomic E-state index is 5.99. The van der Waals surface area contributed by atoms with E-state index >= 15 is 0 Å². The molecule has 0 saturated carbocycles. The lowest BCUT2D eigenvalue weighted by Gasteiger charge is -2.18. The van der Waals surface area contributed by atoms with Crippen LogP contribution in [0, 0.1) is 0 Å². The van der Waals surface area contributed by atoms with Crippen LogP contribution in [0.2, 0.25) is 0 Å². The lowest BCUT2D eigenvalue weighted by Crippen LogP contribution is -2.28. The van der Waals surface area contributed by atoms with Crippen molar-refractivity contribution in [2.24, 2.45) is 12.8 Å². The highest BCUT2D eigenvalue weighted by Crippen LogP contribution is 2.26. The summed E-state index contributed by atoms with van der Waals surface area (Å²) in [6.07, 6.45) is 5.60. The Morgan fingerprint density at radius 2 is 2.31 bits per heavy atom. The molecule has 2 rings (SSSR count). The van der Waals surface area contributed by atoms with Gasteiger partial charge >= 0.3 is 0 Å². The van der Waals surface area contributed by atoms with Gasteiger partial charge in [0.1, 0.15) is 5.82 Å². The Kier molecular flexibility index (Phi) is 3.33. The van der Waals surface area contributed by atoms with Crippen molar-refractivity contribution in [1.29, 1.82) is 0 Å². The molecule has 0 aliphatic heterocycles. The molecule has 2 atom stereocenters. The van der Waals surface area contributed by atoms with E-state index in [0.29, 0.717) is 12.0 Å². The average molecular weight is 221 g/mol. The van der Waals surface area contributed by atoms with Gasteiger partial charge in [0.2, 0.25) is 0 Å². The minimum absolute atomic E-state index is 0.316. The first-order valence-electron chi connectivity index (χ1n) is 6.43. The van der Waals surface area contributed by atoms with E-state index < -0.39 is 0 Å². The van der Waals surface area contributed by atoms with Crippen molar-refractivity contribution in [1.82, 2.24) is 9.55 Å². The predicted octanol–water partition coefficient (Wildman–Crippen LogP) is 2.14. The van der Waals surface area contributed by atoms with Crippen molar-refractivity contribution < 1.29 is 0 Å². The SMILES string of the molecule is CCCC(C)c1nc2c(n1C)CCC(N)C2. The second-order valence-corrected chi connectivity index (χ2v) is 5.12. The molecule has 0 saturated heterocycles. The standard InChI is InChI=1S/C13H23N3/c1-4-5-9(2)13-15-11-8-10(14)6-7-12(11)16(13)3/h9-10H,4-8,14H2,1-3H3. The first-order chi connectivity index (χ1) is 7.63. The summed E-state index contributed by atoms with van der Waals surface area (Å²) in [6.45, 7) is 4.51. The van der Waals surface area contributed by atoms with Crippen LogP contribution >= 0.6 is 0 Å². The molecule has 2 N–H and O–H groups in total. The zero-order valence-corrected chi connectivity index (χ0v) is 10.7. The molecule has 1 aromatic heterocycles. The zero-order valence-electron chi connectivity index (χ0n) is 10.7. The molecule has 1 aliphatic rings. The summed E-state index contributed by atoms with van der Waals surface area (Å²) in [6, 6.07) is 0.316. The van der Waals surface area contributed by atoms with Crippen LogP contribution in [0.15, 0.2) is 0 Å². The number of nitrogens with two attached hydrogens (primary N) is 1. The number of fused-ring (bicyclic) bond motifs is 1. The Hall–Kier alpha value is -0.830. The Morgan fingerprint density at radius 1 is 1.56 bits per heavy atom. The summed E-state index contributed by atoms with van der Waals surface area (Å²) in [5.41, 5.74) is 8.66. The Morgan fingerprint density at radius 3 is 3.00 bits per heavy atom. The van der Waals surface area contributed by atoms with Gasteiger partial charge in [0.15, 0.2) is 0 Å². The van der Waals surface area contributed by atoms with E-state index in [1.54, 1.807) is 0 Å². The molecular formula is C13H23N3. The van der Waals surface area contributed by atoms with Gasteiger partial charge < -0.3 is 10.3 Å². The van der Waals surface area contributed by atoms with Crippen LogP contribution in [-0.2, 0) is 19.9 Å². The molecule has 16 heavy (non-hydrogen) atoms. The van der Waals surface area contributed by atoms with Crippen LogP contribution in [0.25, 0.3) is 0 Å². The van der Waals surface area contributed by atoms with Gasteiger partial charge in [-0.3, -0.25) is 0 Å². The van der Waals surface area contributed by atoms with Gasteiger partial charge in [-0.2, -0.15) is 0 Å². The number of hydrogen-bond donors (Lipinski definition) is 1. The van der Waals surface area contributed by atoms with Crippen LogP contribution in [0.4, 0.5) is 0 Å². The molecule has 90 valence electrons. The molecule has 1 aliphatic carbocycles. The normalized spacial score (nSPS) is 21.9. The minimum atomic E-state index is 0.316. The molecular weight excluding hydrogens is 198 g/mol. The summed E-state index contributed by atoms with van der Waals surface area (Å²) >= 11 is 0. The fourth-order valence-corrected chi connectivity index (χ4v) is 2.76. The summed E-state index contributed by atoms with van der Waals surface area (Å²) < 4.78 is 2.31. The molecule has 0 bridgehead atoms. The Labute approximate surface area is 98.1 Å². The zero-order chi connectivity index (χ0) is 11.7. The summed E-state index contributed by atoms with van der Waals surface area (Å²) in [4.78, 5) is 4.80.